The molecule has 0 saturated carbocycles. The number of nitrogens with one attached hydrogen (secondary N) is 1. The van der Waals surface area contributed by atoms with E-state index in [1.54, 1.807) is 12.1 Å². The molecule has 8 heteroatoms. The molecule has 126 valence electrons. The van der Waals surface area contributed by atoms with Crippen LogP contribution in [0, 0.1) is 5.21 Å². The van der Waals surface area contributed by atoms with Crippen LogP contribution >= 0.6 is 0 Å². The smallest absolute Gasteiger partial charge is 0.343 e. The lowest BCUT2D eigenvalue weighted by Gasteiger charge is -2.17. The van der Waals surface area contributed by atoms with Crippen molar-refractivity contribution < 1.29 is 34.5 Å². The molecule has 0 aliphatic carbocycles. The van der Waals surface area contributed by atoms with Crippen molar-refractivity contribution in [2.45, 2.75) is 6.10 Å². The number of rotatable bonds is 4. The van der Waals surface area contributed by atoms with Gasteiger partial charge in [-0.05, 0) is 12.1 Å². The fourth-order valence-corrected chi connectivity index (χ4v) is 2.73. The number of hydrogen-bond acceptors (Lipinski definition) is 7. The Morgan fingerprint density at radius 1 is 1.17 bits per heavy atom. The van der Waals surface area contributed by atoms with Gasteiger partial charge in [0.1, 0.15) is 11.3 Å². The second-order valence-corrected chi connectivity index (χ2v) is 5.13. The van der Waals surface area contributed by atoms with E-state index in [4.69, 9.17) is 19.4 Å². The lowest BCUT2D eigenvalue weighted by Crippen LogP contribution is -2.99. The number of esters is 1. The van der Waals surface area contributed by atoms with Gasteiger partial charge < -0.3 is 24.5 Å². The van der Waals surface area contributed by atoms with Gasteiger partial charge in [-0.3, -0.25) is 0 Å². The summed E-state index contributed by atoms with van der Waals surface area (Å²) in [6, 6.07) is 7.05. The third-order valence-corrected chi connectivity index (χ3v) is 3.85. The van der Waals surface area contributed by atoms with E-state index < -0.39 is 17.3 Å². The van der Waals surface area contributed by atoms with Crippen LogP contribution in [-0.2, 0) is 4.74 Å². The summed E-state index contributed by atoms with van der Waals surface area (Å²) >= 11 is 0. The van der Waals surface area contributed by atoms with Crippen LogP contribution in [0.5, 0.6) is 17.2 Å². The van der Waals surface area contributed by atoms with Crippen molar-refractivity contribution in [3.05, 3.63) is 52.2 Å². The number of carbonyl (C=O) groups excluding carboxylic acids is 1. The van der Waals surface area contributed by atoms with Crippen LogP contribution in [0.1, 0.15) is 27.6 Å². The zero-order valence-electron chi connectivity index (χ0n) is 12.9. The molecule has 0 aromatic heterocycles. The minimum Gasteiger partial charge on any atom is -0.595 e. The predicted molar refractivity (Wildman–Crippen MR) is 80.7 cm³/mol. The monoisotopic (exact) mass is 333 g/mol. The number of ether oxygens (including phenoxy) is 3. The normalized spacial score (nSPS) is 17.2. The Kier molecular flexibility index (Phi) is 4.02. The summed E-state index contributed by atoms with van der Waals surface area (Å²) in [7, 11) is 2.85. The number of fused-ring (bicyclic) bond motifs is 1. The molecule has 0 spiro atoms. The maximum Gasteiger partial charge on any atom is 0.343 e. The van der Waals surface area contributed by atoms with Crippen LogP contribution in [0.15, 0.2) is 30.3 Å². The second-order valence-electron chi connectivity index (χ2n) is 5.13. The van der Waals surface area contributed by atoms with Gasteiger partial charge in [0.15, 0.2) is 23.3 Å². The molecule has 2 aromatic carbocycles. The predicted octanol–water partition coefficient (Wildman–Crippen LogP) is 1.07. The maximum atomic E-state index is 12.3. The summed E-state index contributed by atoms with van der Waals surface area (Å²) in [4.78, 5) is 12.3. The Balaban J connectivity index is 2.16. The highest BCUT2D eigenvalue weighted by Crippen LogP contribution is 2.46. The van der Waals surface area contributed by atoms with Gasteiger partial charge in [-0.15, -0.1) is 0 Å². The fraction of sp³-hybridized carbons (Fsp3) is 0.188. The van der Waals surface area contributed by atoms with Crippen molar-refractivity contribution in [2.75, 3.05) is 14.2 Å². The minimum atomic E-state index is -1.15. The minimum absolute atomic E-state index is 0.0206. The van der Waals surface area contributed by atoms with E-state index in [0.717, 1.165) is 0 Å². The van der Waals surface area contributed by atoms with Gasteiger partial charge >= 0.3 is 5.97 Å². The van der Waals surface area contributed by atoms with E-state index in [2.05, 4.69) is 0 Å². The van der Waals surface area contributed by atoms with Crippen LogP contribution in [0.3, 0.4) is 0 Å². The third-order valence-electron chi connectivity index (χ3n) is 3.85. The highest BCUT2D eigenvalue weighted by atomic mass is 16.8. The number of carbonyl (C=O) groups is 1. The Morgan fingerprint density at radius 2 is 1.92 bits per heavy atom. The van der Waals surface area contributed by atoms with Gasteiger partial charge in [0.05, 0.1) is 14.2 Å². The summed E-state index contributed by atoms with van der Waals surface area (Å²) in [6.45, 7) is 0. The Labute approximate surface area is 136 Å². The number of methoxy groups -OCH3 is 2. The molecule has 0 amide bonds. The molecule has 0 fully saturated rings. The topological polar surface area (TPSA) is 113 Å². The summed E-state index contributed by atoms with van der Waals surface area (Å²) in [6.07, 6.45) is -0.924. The largest absolute Gasteiger partial charge is 0.595 e. The molecular formula is C16H15NO7. The zero-order chi connectivity index (χ0) is 17.4. The second kappa shape index (κ2) is 6.00. The number of quaternary nitrogens is 1. The van der Waals surface area contributed by atoms with Crippen LogP contribution < -0.4 is 14.7 Å². The lowest BCUT2D eigenvalue weighted by molar-refractivity contribution is -0.991. The van der Waals surface area contributed by atoms with Gasteiger partial charge in [0.25, 0.3) is 0 Å². The van der Waals surface area contributed by atoms with Crippen molar-refractivity contribution in [2.24, 2.45) is 0 Å². The number of phenols is 1. The highest BCUT2D eigenvalue weighted by molar-refractivity contribution is 5.98. The molecule has 3 rings (SSSR count). The Hall–Kier alpha value is -2.81. The molecular weight excluding hydrogens is 318 g/mol. The molecule has 3 N–H and O–H groups in total. The van der Waals surface area contributed by atoms with E-state index in [1.807, 2.05) is 0 Å². The number of aromatic hydroxyl groups is 1. The number of cyclic esters (lactones) is 1. The van der Waals surface area contributed by atoms with E-state index >= 15 is 0 Å². The van der Waals surface area contributed by atoms with Crippen molar-refractivity contribution in [1.29, 1.82) is 0 Å². The molecule has 0 radical (unpaired) electrons. The van der Waals surface area contributed by atoms with Crippen molar-refractivity contribution in [3.8, 4) is 17.2 Å². The van der Waals surface area contributed by atoms with Gasteiger partial charge in [-0.25, -0.2) is 10.0 Å². The average molecular weight is 333 g/mol. The summed E-state index contributed by atoms with van der Waals surface area (Å²) in [5, 5.41) is 29.2. The molecule has 1 aliphatic rings. The molecule has 1 unspecified atom stereocenters. The number of hydrogen-bond donors (Lipinski definition) is 3. The Bertz CT molecular complexity index is 803. The van der Waals surface area contributed by atoms with Gasteiger partial charge in [-0.1, -0.05) is 6.07 Å². The maximum absolute atomic E-state index is 12.3. The SMILES string of the molecule is COc1ccc2c(c1OC)C(=O)O[C@H]2c1cc([NH+]([O-])O)ccc1O. The highest BCUT2D eigenvalue weighted by Gasteiger charge is 2.38. The number of benzene rings is 2. The average Bonchev–Trinajstić information content (AvgIpc) is 2.91. The first kappa shape index (κ1) is 16.1. The molecule has 1 heterocycles. The van der Waals surface area contributed by atoms with Crippen LogP contribution in [0.2, 0.25) is 0 Å². The molecule has 8 nitrogen and oxygen atoms in total. The van der Waals surface area contributed by atoms with Crippen molar-refractivity contribution in [3.63, 3.8) is 0 Å². The van der Waals surface area contributed by atoms with E-state index in [-0.39, 0.29) is 28.3 Å². The van der Waals surface area contributed by atoms with Crippen LogP contribution in [0.25, 0.3) is 0 Å². The standard InChI is InChI=1S/C16H15NO7/c1-22-12-6-4-9-13(15(12)23-2)16(19)24-14(9)10-7-8(17(20)21)3-5-11(10)18/h3-7,14,17-18,20H,1-2H3/t14-/m1/s1. The lowest BCUT2D eigenvalue weighted by atomic mass is 9.97. The fourth-order valence-electron chi connectivity index (χ4n) is 2.73. The van der Waals surface area contributed by atoms with E-state index in [1.165, 1.54) is 32.4 Å². The molecule has 2 atom stereocenters. The van der Waals surface area contributed by atoms with Gasteiger partial charge in [0, 0.05) is 23.3 Å². The Morgan fingerprint density at radius 3 is 2.54 bits per heavy atom. The van der Waals surface area contributed by atoms with Gasteiger partial charge in [0.2, 0.25) is 0 Å². The first-order chi connectivity index (χ1) is 11.5. The summed E-state index contributed by atoms with van der Waals surface area (Å²) < 4.78 is 15.8. The first-order valence-corrected chi connectivity index (χ1v) is 7.00. The van der Waals surface area contributed by atoms with Gasteiger partial charge in [-0.2, -0.15) is 5.23 Å². The van der Waals surface area contributed by atoms with E-state index in [0.29, 0.717) is 11.3 Å². The molecule has 24 heavy (non-hydrogen) atoms. The molecule has 0 bridgehead atoms. The van der Waals surface area contributed by atoms with E-state index in [9.17, 15) is 15.1 Å². The quantitative estimate of drug-likeness (QED) is 0.436. The third kappa shape index (κ3) is 2.42. The number of phenolic OH excluding ortho intramolecular Hbond substituents is 1. The van der Waals surface area contributed by atoms with Crippen LogP contribution in [-0.4, -0.2) is 30.5 Å². The van der Waals surface area contributed by atoms with Crippen LogP contribution in [0.4, 0.5) is 5.69 Å². The van der Waals surface area contributed by atoms with Crippen molar-refractivity contribution in [1.82, 2.24) is 0 Å². The zero-order valence-corrected chi connectivity index (χ0v) is 12.9. The first-order valence-electron chi connectivity index (χ1n) is 7.00. The summed E-state index contributed by atoms with van der Waals surface area (Å²) in [5.74, 6) is -0.194. The molecule has 1 aliphatic heterocycles. The molecule has 0 saturated heterocycles. The van der Waals surface area contributed by atoms with Crippen molar-refractivity contribution >= 4 is 11.7 Å². The molecule has 2 aromatic rings. The summed E-state index contributed by atoms with van der Waals surface area (Å²) in [5.41, 5.74) is 0.833.